The second-order valence-corrected chi connectivity index (χ2v) is 4.91. The lowest BCUT2D eigenvalue weighted by Crippen LogP contribution is -2.43. The minimum absolute atomic E-state index is 0.433. The molecule has 0 bridgehead atoms. The van der Waals surface area contributed by atoms with E-state index in [0.717, 1.165) is 5.92 Å². The fourth-order valence-electron chi connectivity index (χ4n) is 2.49. The molecule has 1 saturated carbocycles. The standard InChI is InChI=1S/C15H21N/c1-4-12(3)16-14-9-13(10-14)15-8-6-5-7-11(15)2/h4-8,12-14,16H,1,9-10H2,2-3H3. The molecule has 0 amide bonds. The lowest BCUT2D eigenvalue weighted by molar-refractivity contribution is 0.281. The third-order valence-corrected chi connectivity index (χ3v) is 3.62. The Morgan fingerprint density at radius 1 is 1.38 bits per heavy atom. The molecule has 16 heavy (non-hydrogen) atoms. The Bertz CT molecular complexity index is 363. The van der Waals surface area contributed by atoms with Gasteiger partial charge in [0.25, 0.3) is 0 Å². The molecule has 1 atom stereocenters. The number of benzene rings is 1. The molecule has 0 heterocycles. The van der Waals surface area contributed by atoms with E-state index in [2.05, 4.69) is 50.0 Å². The van der Waals surface area contributed by atoms with Crippen LogP contribution in [0.5, 0.6) is 0 Å². The van der Waals surface area contributed by atoms with Crippen LogP contribution in [0.1, 0.15) is 36.8 Å². The van der Waals surface area contributed by atoms with Gasteiger partial charge in [0.2, 0.25) is 0 Å². The van der Waals surface area contributed by atoms with Gasteiger partial charge >= 0.3 is 0 Å². The zero-order chi connectivity index (χ0) is 11.5. The van der Waals surface area contributed by atoms with Crippen LogP contribution in [0.3, 0.4) is 0 Å². The van der Waals surface area contributed by atoms with Crippen molar-refractivity contribution < 1.29 is 0 Å². The fraction of sp³-hybridized carbons (Fsp3) is 0.467. The first kappa shape index (κ1) is 11.4. The molecule has 1 aromatic carbocycles. The van der Waals surface area contributed by atoms with E-state index in [1.54, 1.807) is 0 Å². The normalized spacial score (nSPS) is 25.9. The number of hydrogen-bond donors (Lipinski definition) is 1. The van der Waals surface area contributed by atoms with Crippen molar-refractivity contribution in [2.24, 2.45) is 0 Å². The molecule has 1 unspecified atom stereocenters. The van der Waals surface area contributed by atoms with Gasteiger partial charge in [0, 0.05) is 12.1 Å². The molecule has 1 aliphatic carbocycles. The Morgan fingerprint density at radius 2 is 2.06 bits per heavy atom. The Hall–Kier alpha value is -1.08. The largest absolute Gasteiger partial charge is 0.308 e. The highest BCUT2D eigenvalue weighted by molar-refractivity contribution is 5.31. The van der Waals surface area contributed by atoms with Gasteiger partial charge in [0.05, 0.1) is 0 Å². The number of rotatable bonds is 4. The van der Waals surface area contributed by atoms with E-state index in [4.69, 9.17) is 0 Å². The number of nitrogens with one attached hydrogen (secondary N) is 1. The second kappa shape index (κ2) is 4.84. The van der Waals surface area contributed by atoms with Gasteiger partial charge in [0.1, 0.15) is 0 Å². The molecule has 0 aliphatic heterocycles. The second-order valence-electron chi connectivity index (χ2n) is 4.91. The van der Waals surface area contributed by atoms with Gasteiger partial charge in [-0.25, -0.2) is 0 Å². The topological polar surface area (TPSA) is 12.0 Å². The maximum atomic E-state index is 3.80. The van der Waals surface area contributed by atoms with Crippen molar-refractivity contribution >= 4 is 0 Å². The van der Waals surface area contributed by atoms with Crippen LogP contribution in [-0.4, -0.2) is 12.1 Å². The molecule has 1 N–H and O–H groups in total. The number of hydrogen-bond acceptors (Lipinski definition) is 1. The van der Waals surface area contributed by atoms with E-state index in [0.29, 0.717) is 12.1 Å². The van der Waals surface area contributed by atoms with E-state index in [-0.39, 0.29) is 0 Å². The van der Waals surface area contributed by atoms with Crippen molar-refractivity contribution in [3.8, 4) is 0 Å². The van der Waals surface area contributed by atoms with E-state index in [9.17, 15) is 0 Å². The Balaban J connectivity index is 1.89. The highest BCUT2D eigenvalue weighted by Gasteiger charge is 2.31. The van der Waals surface area contributed by atoms with Gasteiger partial charge in [0.15, 0.2) is 0 Å². The molecule has 1 fully saturated rings. The summed E-state index contributed by atoms with van der Waals surface area (Å²) in [5, 5.41) is 3.57. The lowest BCUT2D eigenvalue weighted by atomic mass is 9.74. The molecule has 0 saturated heterocycles. The molecule has 1 heteroatoms. The maximum absolute atomic E-state index is 3.80. The summed E-state index contributed by atoms with van der Waals surface area (Å²) in [7, 11) is 0. The van der Waals surface area contributed by atoms with Gasteiger partial charge in [-0.2, -0.15) is 0 Å². The third-order valence-electron chi connectivity index (χ3n) is 3.62. The average Bonchev–Trinajstić information content (AvgIpc) is 2.24. The summed E-state index contributed by atoms with van der Waals surface area (Å²) in [6, 6.07) is 9.86. The molecule has 1 aliphatic rings. The third kappa shape index (κ3) is 2.35. The van der Waals surface area contributed by atoms with Crippen LogP contribution < -0.4 is 5.32 Å². The quantitative estimate of drug-likeness (QED) is 0.759. The number of aryl methyl sites for hydroxylation is 1. The van der Waals surface area contributed by atoms with Gasteiger partial charge in [-0.3, -0.25) is 0 Å². The zero-order valence-electron chi connectivity index (χ0n) is 10.2. The minimum Gasteiger partial charge on any atom is -0.308 e. The van der Waals surface area contributed by atoms with Crippen LogP contribution in [0.25, 0.3) is 0 Å². The van der Waals surface area contributed by atoms with Crippen LogP contribution in [0.2, 0.25) is 0 Å². The van der Waals surface area contributed by atoms with Crippen LogP contribution in [0.15, 0.2) is 36.9 Å². The summed E-state index contributed by atoms with van der Waals surface area (Å²) in [6.07, 6.45) is 4.51. The average molecular weight is 215 g/mol. The smallest absolute Gasteiger partial charge is 0.0221 e. The Kier molecular flexibility index (Phi) is 3.45. The SMILES string of the molecule is C=CC(C)NC1CC(c2ccccc2C)C1. The highest BCUT2D eigenvalue weighted by atomic mass is 15.0. The van der Waals surface area contributed by atoms with E-state index < -0.39 is 0 Å². The predicted molar refractivity (Wildman–Crippen MR) is 69.7 cm³/mol. The van der Waals surface area contributed by atoms with Gasteiger partial charge in [-0.15, -0.1) is 6.58 Å². The van der Waals surface area contributed by atoms with Crippen LogP contribution >= 0.6 is 0 Å². The first-order chi connectivity index (χ1) is 7.70. The molecule has 0 spiro atoms. The summed E-state index contributed by atoms with van der Waals surface area (Å²) in [5.41, 5.74) is 2.97. The molecular weight excluding hydrogens is 194 g/mol. The Labute approximate surface area is 98.6 Å². The minimum atomic E-state index is 0.433. The maximum Gasteiger partial charge on any atom is 0.0221 e. The van der Waals surface area contributed by atoms with Crippen LogP contribution in [0.4, 0.5) is 0 Å². The Morgan fingerprint density at radius 3 is 2.69 bits per heavy atom. The summed E-state index contributed by atoms with van der Waals surface area (Å²) >= 11 is 0. The predicted octanol–water partition coefficient (Wildman–Crippen LogP) is 3.41. The van der Waals surface area contributed by atoms with Crippen molar-refractivity contribution in [1.29, 1.82) is 0 Å². The van der Waals surface area contributed by atoms with Crippen molar-refractivity contribution in [2.75, 3.05) is 0 Å². The van der Waals surface area contributed by atoms with E-state index in [1.807, 2.05) is 6.08 Å². The zero-order valence-corrected chi connectivity index (χ0v) is 10.2. The molecule has 0 aromatic heterocycles. The molecule has 1 nitrogen and oxygen atoms in total. The lowest BCUT2D eigenvalue weighted by Gasteiger charge is -2.38. The molecule has 0 radical (unpaired) electrons. The van der Waals surface area contributed by atoms with E-state index in [1.165, 1.54) is 24.0 Å². The van der Waals surface area contributed by atoms with E-state index >= 15 is 0 Å². The fourth-order valence-corrected chi connectivity index (χ4v) is 2.49. The molecular formula is C15H21N. The van der Waals surface area contributed by atoms with Crippen molar-refractivity contribution in [2.45, 2.75) is 44.7 Å². The summed E-state index contributed by atoms with van der Waals surface area (Å²) in [6.45, 7) is 8.17. The van der Waals surface area contributed by atoms with Gasteiger partial charge < -0.3 is 5.32 Å². The monoisotopic (exact) mass is 215 g/mol. The molecule has 1 aromatic rings. The summed E-state index contributed by atoms with van der Waals surface area (Å²) in [4.78, 5) is 0. The van der Waals surface area contributed by atoms with Crippen LogP contribution in [0, 0.1) is 6.92 Å². The first-order valence-electron chi connectivity index (χ1n) is 6.15. The van der Waals surface area contributed by atoms with Gasteiger partial charge in [-0.05, 0) is 43.7 Å². The van der Waals surface area contributed by atoms with Crippen molar-refractivity contribution in [1.82, 2.24) is 5.32 Å². The van der Waals surface area contributed by atoms with Gasteiger partial charge in [-0.1, -0.05) is 30.3 Å². The molecule has 2 rings (SSSR count). The summed E-state index contributed by atoms with van der Waals surface area (Å²) in [5.74, 6) is 0.760. The van der Waals surface area contributed by atoms with Crippen molar-refractivity contribution in [3.05, 3.63) is 48.0 Å². The van der Waals surface area contributed by atoms with Crippen LogP contribution in [-0.2, 0) is 0 Å². The highest BCUT2D eigenvalue weighted by Crippen LogP contribution is 2.38. The first-order valence-corrected chi connectivity index (χ1v) is 6.15. The molecule has 86 valence electrons. The van der Waals surface area contributed by atoms with Crippen molar-refractivity contribution in [3.63, 3.8) is 0 Å². The summed E-state index contributed by atoms with van der Waals surface area (Å²) < 4.78 is 0.